The number of carbonyl (C=O) groups excluding carboxylic acids is 2. The number of hydrogen-bond donors (Lipinski definition) is 1. The van der Waals surface area contributed by atoms with E-state index in [0.717, 1.165) is 5.69 Å². The van der Waals surface area contributed by atoms with Crippen molar-refractivity contribution in [3.05, 3.63) is 35.2 Å². The zero-order valence-electron chi connectivity index (χ0n) is 14.0. The number of rotatable bonds is 5. The van der Waals surface area contributed by atoms with Gasteiger partial charge in [-0.1, -0.05) is 30.5 Å². The first-order valence-electron chi connectivity index (χ1n) is 8.11. The van der Waals surface area contributed by atoms with E-state index < -0.39 is 0 Å². The van der Waals surface area contributed by atoms with Crippen LogP contribution in [0.2, 0.25) is 5.02 Å². The fourth-order valence-electron chi connectivity index (χ4n) is 2.73. The highest BCUT2D eigenvalue weighted by Crippen LogP contribution is 2.32. The molecule has 132 valence electrons. The van der Waals surface area contributed by atoms with Gasteiger partial charge in [0.25, 0.3) is 0 Å². The van der Waals surface area contributed by atoms with E-state index in [2.05, 4.69) is 15.5 Å². The van der Waals surface area contributed by atoms with Gasteiger partial charge in [-0.25, -0.2) is 0 Å². The summed E-state index contributed by atoms with van der Waals surface area (Å²) < 4.78 is 5.52. The topological polar surface area (TPSA) is 88.3 Å². The van der Waals surface area contributed by atoms with Gasteiger partial charge < -0.3 is 9.32 Å². The predicted octanol–water partition coefficient (Wildman–Crippen LogP) is 3.23. The zero-order valence-corrected chi connectivity index (χ0v) is 14.8. The van der Waals surface area contributed by atoms with E-state index in [-0.39, 0.29) is 36.1 Å². The molecule has 0 radical (unpaired) electrons. The molecule has 7 nitrogen and oxygen atoms in total. The lowest BCUT2D eigenvalue weighted by Crippen LogP contribution is -2.24. The first-order chi connectivity index (χ1) is 11.9. The van der Waals surface area contributed by atoms with Crippen LogP contribution >= 0.6 is 11.6 Å². The SMILES string of the molecule is CC(C)CC(=O)Nc1nnc([C@H]2CC(=O)N(c3ccc(Cl)cc3)C2)o1. The molecular weight excluding hydrogens is 344 g/mol. The minimum Gasteiger partial charge on any atom is -0.407 e. The van der Waals surface area contributed by atoms with Crippen LogP contribution in [-0.2, 0) is 9.59 Å². The van der Waals surface area contributed by atoms with Crippen molar-refractivity contribution in [1.82, 2.24) is 10.2 Å². The fourth-order valence-corrected chi connectivity index (χ4v) is 2.86. The maximum atomic E-state index is 12.3. The van der Waals surface area contributed by atoms with E-state index in [1.54, 1.807) is 29.2 Å². The van der Waals surface area contributed by atoms with E-state index in [4.69, 9.17) is 16.0 Å². The highest BCUT2D eigenvalue weighted by atomic mass is 35.5. The molecule has 25 heavy (non-hydrogen) atoms. The Bertz CT molecular complexity index is 772. The summed E-state index contributed by atoms with van der Waals surface area (Å²) in [5.41, 5.74) is 0.780. The molecule has 0 spiro atoms. The summed E-state index contributed by atoms with van der Waals surface area (Å²) >= 11 is 5.88. The second-order valence-corrected chi connectivity index (χ2v) is 6.91. The van der Waals surface area contributed by atoms with E-state index in [9.17, 15) is 9.59 Å². The van der Waals surface area contributed by atoms with Gasteiger partial charge in [0.1, 0.15) is 0 Å². The van der Waals surface area contributed by atoms with Gasteiger partial charge in [-0.15, -0.1) is 5.10 Å². The molecule has 1 fully saturated rings. The lowest BCUT2D eigenvalue weighted by molar-refractivity contribution is -0.118. The fraction of sp³-hybridized carbons (Fsp3) is 0.412. The Balaban J connectivity index is 1.66. The van der Waals surface area contributed by atoms with E-state index in [0.29, 0.717) is 23.9 Å². The monoisotopic (exact) mass is 362 g/mol. The van der Waals surface area contributed by atoms with Gasteiger partial charge in [-0.05, 0) is 30.2 Å². The molecule has 1 atom stereocenters. The first kappa shape index (κ1) is 17.4. The molecule has 0 aliphatic carbocycles. The van der Waals surface area contributed by atoms with Crippen LogP contribution in [0, 0.1) is 5.92 Å². The van der Waals surface area contributed by atoms with Crippen molar-refractivity contribution in [3.63, 3.8) is 0 Å². The number of halogens is 1. The van der Waals surface area contributed by atoms with Crippen molar-refractivity contribution in [1.29, 1.82) is 0 Å². The highest BCUT2D eigenvalue weighted by Gasteiger charge is 2.35. The highest BCUT2D eigenvalue weighted by molar-refractivity contribution is 6.30. The molecule has 2 amide bonds. The van der Waals surface area contributed by atoms with Gasteiger partial charge in [0, 0.05) is 30.1 Å². The Kier molecular flexibility index (Phi) is 5.03. The lowest BCUT2D eigenvalue weighted by atomic mass is 10.1. The third-order valence-electron chi connectivity index (χ3n) is 3.89. The first-order valence-corrected chi connectivity index (χ1v) is 8.49. The third kappa shape index (κ3) is 4.17. The number of carbonyl (C=O) groups is 2. The average Bonchev–Trinajstić information content (AvgIpc) is 3.14. The zero-order chi connectivity index (χ0) is 18.0. The number of benzene rings is 1. The smallest absolute Gasteiger partial charge is 0.322 e. The Labute approximate surface area is 150 Å². The summed E-state index contributed by atoms with van der Waals surface area (Å²) in [5, 5.41) is 11.0. The molecule has 1 aromatic carbocycles. The van der Waals surface area contributed by atoms with Crippen molar-refractivity contribution >= 4 is 35.1 Å². The Morgan fingerprint density at radius 3 is 2.76 bits per heavy atom. The van der Waals surface area contributed by atoms with Crippen LogP contribution in [0.3, 0.4) is 0 Å². The van der Waals surface area contributed by atoms with Crippen LogP contribution in [0.1, 0.15) is 38.5 Å². The molecule has 3 rings (SSSR count). The summed E-state index contributed by atoms with van der Waals surface area (Å²) in [6.45, 7) is 4.35. The summed E-state index contributed by atoms with van der Waals surface area (Å²) in [5.74, 6) is 0.199. The van der Waals surface area contributed by atoms with Crippen LogP contribution in [0.15, 0.2) is 28.7 Å². The van der Waals surface area contributed by atoms with Crippen molar-refractivity contribution in [3.8, 4) is 0 Å². The van der Waals surface area contributed by atoms with Crippen molar-refractivity contribution in [2.75, 3.05) is 16.8 Å². The Morgan fingerprint density at radius 2 is 2.08 bits per heavy atom. The van der Waals surface area contributed by atoms with Gasteiger partial charge >= 0.3 is 6.01 Å². The van der Waals surface area contributed by atoms with Crippen LogP contribution in [0.25, 0.3) is 0 Å². The molecule has 1 saturated heterocycles. The molecule has 2 aromatic rings. The number of anilines is 2. The number of amides is 2. The molecular formula is C17H19ClN4O3. The Hall–Kier alpha value is -2.41. The summed E-state index contributed by atoms with van der Waals surface area (Å²) in [4.78, 5) is 25.7. The molecule has 0 saturated carbocycles. The standard InChI is InChI=1S/C17H19ClN4O3/c1-10(2)7-14(23)19-17-21-20-16(25-17)11-8-15(24)22(9-11)13-5-3-12(18)4-6-13/h3-6,10-11H,7-9H2,1-2H3,(H,19,21,23)/t11-/m0/s1. The molecule has 1 aliphatic rings. The van der Waals surface area contributed by atoms with Crippen molar-refractivity contribution in [2.45, 2.75) is 32.6 Å². The number of nitrogens with one attached hydrogen (secondary N) is 1. The summed E-state index contributed by atoms with van der Waals surface area (Å²) in [6, 6.07) is 7.15. The van der Waals surface area contributed by atoms with Crippen molar-refractivity contribution < 1.29 is 14.0 Å². The van der Waals surface area contributed by atoms with Gasteiger partial charge in [0.05, 0.1) is 5.92 Å². The number of nitrogens with zero attached hydrogens (tertiary/aromatic N) is 3. The number of aromatic nitrogens is 2. The Morgan fingerprint density at radius 1 is 1.36 bits per heavy atom. The minimum absolute atomic E-state index is 0.0177. The van der Waals surface area contributed by atoms with Crippen LogP contribution < -0.4 is 10.2 Å². The second kappa shape index (κ2) is 7.23. The maximum absolute atomic E-state index is 12.3. The van der Waals surface area contributed by atoms with E-state index in [1.807, 2.05) is 13.8 Å². The molecule has 8 heteroatoms. The van der Waals surface area contributed by atoms with Gasteiger partial charge in [0.15, 0.2) is 0 Å². The molecule has 1 aliphatic heterocycles. The molecule has 2 heterocycles. The molecule has 1 N–H and O–H groups in total. The summed E-state index contributed by atoms with van der Waals surface area (Å²) in [6.07, 6.45) is 0.661. The minimum atomic E-state index is -0.202. The molecule has 0 unspecified atom stereocenters. The van der Waals surface area contributed by atoms with E-state index in [1.165, 1.54) is 0 Å². The second-order valence-electron chi connectivity index (χ2n) is 6.47. The molecule has 0 bridgehead atoms. The van der Waals surface area contributed by atoms with Gasteiger partial charge in [-0.2, -0.15) is 0 Å². The van der Waals surface area contributed by atoms with E-state index >= 15 is 0 Å². The maximum Gasteiger partial charge on any atom is 0.322 e. The van der Waals surface area contributed by atoms with Crippen LogP contribution in [0.5, 0.6) is 0 Å². The van der Waals surface area contributed by atoms with Gasteiger partial charge in [-0.3, -0.25) is 14.9 Å². The quantitative estimate of drug-likeness (QED) is 0.882. The van der Waals surface area contributed by atoms with Crippen LogP contribution in [0.4, 0.5) is 11.7 Å². The normalized spacial score (nSPS) is 17.4. The average molecular weight is 363 g/mol. The number of hydrogen-bond acceptors (Lipinski definition) is 5. The third-order valence-corrected chi connectivity index (χ3v) is 4.15. The van der Waals surface area contributed by atoms with Gasteiger partial charge in [0.2, 0.25) is 17.7 Å². The lowest BCUT2D eigenvalue weighted by Gasteiger charge is -2.16. The predicted molar refractivity (Wildman–Crippen MR) is 93.5 cm³/mol. The molecule has 1 aromatic heterocycles. The van der Waals surface area contributed by atoms with Crippen LogP contribution in [-0.4, -0.2) is 28.6 Å². The largest absolute Gasteiger partial charge is 0.407 e. The van der Waals surface area contributed by atoms with Crippen molar-refractivity contribution in [2.24, 2.45) is 5.92 Å². The summed E-state index contributed by atoms with van der Waals surface area (Å²) in [7, 11) is 0.